The number of halogens is 2. The van der Waals surface area contributed by atoms with Crippen LogP contribution in [0.3, 0.4) is 0 Å². The molecule has 0 aliphatic heterocycles. The highest BCUT2D eigenvalue weighted by molar-refractivity contribution is 5.60. The van der Waals surface area contributed by atoms with Gasteiger partial charge in [-0.1, -0.05) is 6.92 Å². The number of benzene rings is 2. The van der Waals surface area contributed by atoms with Crippen LogP contribution in [-0.2, 0) is 6.42 Å². The first-order chi connectivity index (χ1) is 10.5. The molecule has 0 aromatic heterocycles. The largest absolute Gasteiger partial charge is 0.508 e. The number of phenolic OH excluding ortho intramolecular Hbond substituents is 1. The molecule has 1 atom stereocenters. The fourth-order valence-corrected chi connectivity index (χ4v) is 2.47. The molecule has 0 heterocycles. The Kier molecular flexibility index (Phi) is 4.62. The first-order valence-corrected chi connectivity index (χ1v) is 6.93. The number of hydrogen-bond acceptors (Lipinski definition) is 3. The summed E-state index contributed by atoms with van der Waals surface area (Å²) in [5.41, 5.74) is 1.70. The average Bonchev–Trinajstić information content (AvgIpc) is 2.47. The summed E-state index contributed by atoms with van der Waals surface area (Å²) in [6.07, 6.45) is 0.497. The first kappa shape index (κ1) is 15.8. The summed E-state index contributed by atoms with van der Waals surface area (Å²) in [6.45, 7) is 3.56. The zero-order valence-corrected chi connectivity index (χ0v) is 12.3. The summed E-state index contributed by atoms with van der Waals surface area (Å²) >= 11 is 0. The molecule has 22 heavy (non-hydrogen) atoms. The van der Waals surface area contributed by atoms with Crippen LogP contribution in [0.25, 0.3) is 0 Å². The standard InChI is InChI=1S/C17H16F2N2O/c1-3-11-6-13(18)8-15(19)17(11)10(2)21-16-5-4-14(22)7-12(16)9-20/h4-8,10,21-22H,3H2,1-2H3. The lowest BCUT2D eigenvalue weighted by Gasteiger charge is -2.20. The molecule has 0 amide bonds. The lowest BCUT2D eigenvalue weighted by atomic mass is 9.98. The molecule has 0 bridgehead atoms. The van der Waals surface area contributed by atoms with Gasteiger partial charge < -0.3 is 10.4 Å². The Hall–Kier alpha value is -2.61. The maximum absolute atomic E-state index is 14.1. The monoisotopic (exact) mass is 302 g/mol. The molecule has 3 nitrogen and oxygen atoms in total. The van der Waals surface area contributed by atoms with Gasteiger partial charge in [0.05, 0.1) is 17.3 Å². The van der Waals surface area contributed by atoms with Crippen LogP contribution >= 0.6 is 0 Å². The Bertz CT molecular complexity index is 738. The summed E-state index contributed by atoms with van der Waals surface area (Å²) in [5.74, 6) is -1.24. The molecular formula is C17H16F2N2O. The number of phenols is 1. The highest BCUT2D eigenvalue weighted by Gasteiger charge is 2.17. The third-order valence-electron chi connectivity index (χ3n) is 3.49. The Morgan fingerprint density at radius 1 is 1.27 bits per heavy atom. The zero-order chi connectivity index (χ0) is 16.3. The molecule has 0 aliphatic rings. The molecule has 2 rings (SSSR count). The van der Waals surface area contributed by atoms with E-state index in [1.165, 1.54) is 18.2 Å². The van der Waals surface area contributed by atoms with E-state index in [4.69, 9.17) is 5.26 Å². The van der Waals surface area contributed by atoms with Crippen molar-refractivity contribution in [3.05, 3.63) is 58.7 Å². The third kappa shape index (κ3) is 3.17. The quantitative estimate of drug-likeness (QED) is 0.829. The Balaban J connectivity index is 2.38. The first-order valence-electron chi connectivity index (χ1n) is 6.93. The zero-order valence-electron chi connectivity index (χ0n) is 12.3. The topological polar surface area (TPSA) is 56.0 Å². The SMILES string of the molecule is CCc1cc(F)cc(F)c1C(C)Nc1ccc(O)cc1C#N. The van der Waals surface area contributed by atoms with E-state index in [9.17, 15) is 13.9 Å². The molecule has 0 fully saturated rings. The van der Waals surface area contributed by atoms with E-state index < -0.39 is 17.7 Å². The van der Waals surface area contributed by atoms with Gasteiger partial charge in [0.15, 0.2) is 0 Å². The molecule has 2 aromatic rings. The number of anilines is 1. The lowest BCUT2D eigenvalue weighted by Crippen LogP contribution is -2.12. The van der Waals surface area contributed by atoms with Crippen LogP contribution in [0, 0.1) is 23.0 Å². The van der Waals surface area contributed by atoms with Gasteiger partial charge in [-0.05, 0) is 43.2 Å². The summed E-state index contributed by atoms with van der Waals surface area (Å²) < 4.78 is 27.4. The van der Waals surface area contributed by atoms with Crippen molar-refractivity contribution in [1.82, 2.24) is 0 Å². The minimum atomic E-state index is -0.617. The molecule has 5 heteroatoms. The van der Waals surface area contributed by atoms with Gasteiger partial charge in [-0.15, -0.1) is 0 Å². The van der Waals surface area contributed by atoms with Gasteiger partial charge in [0.1, 0.15) is 23.5 Å². The van der Waals surface area contributed by atoms with Crippen molar-refractivity contribution in [2.75, 3.05) is 5.32 Å². The number of aromatic hydroxyl groups is 1. The third-order valence-corrected chi connectivity index (χ3v) is 3.49. The summed E-state index contributed by atoms with van der Waals surface area (Å²) in [5, 5.41) is 21.5. The van der Waals surface area contributed by atoms with Crippen molar-refractivity contribution in [2.24, 2.45) is 0 Å². The van der Waals surface area contributed by atoms with Gasteiger partial charge in [-0.2, -0.15) is 5.26 Å². The van der Waals surface area contributed by atoms with Crippen LogP contribution in [0.1, 0.15) is 36.6 Å². The average molecular weight is 302 g/mol. The van der Waals surface area contributed by atoms with Crippen LogP contribution < -0.4 is 5.32 Å². The molecular weight excluding hydrogens is 286 g/mol. The van der Waals surface area contributed by atoms with Crippen molar-refractivity contribution in [3.63, 3.8) is 0 Å². The molecule has 0 spiro atoms. The van der Waals surface area contributed by atoms with E-state index in [1.807, 2.05) is 13.0 Å². The fourth-order valence-electron chi connectivity index (χ4n) is 2.47. The van der Waals surface area contributed by atoms with E-state index in [2.05, 4.69) is 5.32 Å². The van der Waals surface area contributed by atoms with Crippen molar-refractivity contribution in [3.8, 4) is 11.8 Å². The highest BCUT2D eigenvalue weighted by Crippen LogP contribution is 2.29. The maximum Gasteiger partial charge on any atom is 0.131 e. The van der Waals surface area contributed by atoms with E-state index in [0.29, 0.717) is 23.2 Å². The number of rotatable bonds is 4. The second-order valence-corrected chi connectivity index (χ2v) is 5.02. The van der Waals surface area contributed by atoms with Crippen molar-refractivity contribution >= 4 is 5.69 Å². The molecule has 0 saturated heterocycles. The highest BCUT2D eigenvalue weighted by atomic mass is 19.1. The van der Waals surface area contributed by atoms with Crippen LogP contribution in [0.4, 0.5) is 14.5 Å². The molecule has 0 aliphatic carbocycles. The Labute approximate surface area is 127 Å². The van der Waals surface area contributed by atoms with E-state index in [-0.39, 0.29) is 11.3 Å². The molecule has 114 valence electrons. The summed E-state index contributed by atoms with van der Waals surface area (Å²) in [6, 6.07) is 8.02. The summed E-state index contributed by atoms with van der Waals surface area (Å²) in [4.78, 5) is 0. The predicted octanol–water partition coefficient (Wildman–Crippen LogP) is 4.28. The van der Waals surface area contributed by atoms with E-state index in [0.717, 1.165) is 6.07 Å². The summed E-state index contributed by atoms with van der Waals surface area (Å²) in [7, 11) is 0. The normalized spacial score (nSPS) is 11.8. The maximum atomic E-state index is 14.1. The molecule has 0 saturated carbocycles. The molecule has 1 unspecified atom stereocenters. The predicted molar refractivity (Wildman–Crippen MR) is 80.6 cm³/mol. The van der Waals surface area contributed by atoms with Crippen LogP contribution in [0.15, 0.2) is 30.3 Å². The van der Waals surface area contributed by atoms with Gasteiger partial charge in [0.2, 0.25) is 0 Å². The lowest BCUT2D eigenvalue weighted by molar-refractivity contribution is 0.475. The van der Waals surface area contributed by atoms with Gasteiger partial charge in [0.25, 0.3) is 0 Å². The second-order valence-electron chi connectivity index (χ2n) is 5.02. The van der Waals surface area contributed by atoms with Gasteiger partial charge in [-0.3, -0.25) is 0 Å². The minimum absolute atomic E-state index is 0.0167. The fraction of sp³-hybridized carbons (Fsp3) is 0.235. The second kappa shape index (κ2) is 6.44. The molecule has 2 aromatic carbocycles. The number of nitrogens with one attached hydrogen (secondary N) is 1. The number of aryl methyl sites for hydroxylation is 1. The van der Waals surface area contributed by atoms with Gasteiger partial charge in [0, 0.05) is 11.6 Å². The minimum Gasteiger partial charge on any atom is -0.508 e. The molecule has 2 N–H and O–H groups in total. The van der Waals surface area contributed by atoms with Crippen molar-refractivity contribution in [2.45, 2.75) is 26.3 Å². The van der Waals surface area contributed by atoms with Gasteiger partial charge in [-0.25, -0.2) is 8.78 Å². The van der Waals surface area contributed by atoms with Crippen molar-refractivity contribution < 1.29 is 13.9 Å². The smallest absolute Gasteiger partial charge is 0.131 e. The van der Waals surface area contributed by atoms with Crippen LogP contribution in [-0.4, -0.2) is 5.11 Å². The van der Waals surface area contributed by atoms with Gasteiger partial charge >= 0.3 is 0 Å². The van der Waals surface area contributed by atoms with Crippen molar-refractivity contribution in [1.29, 1.82) is 5.26 Å². The van der Waals surface area contributed by atoms with Crippen LogP contribution in [0.2, 0.25) is 0 Å². The molecule has 0 radical (unpaired) electrons. The number of nitrogens with zero attached hydrogens (tertiary/aromatic N) is 1. The Morgan fingerprint density at radius 2 is 2.00 bits per heavy atom. The Morgan fingerprint density at radius 3 is 2.64 bits per heavy atom. The number of nitriles is 1. The van der Waals surface area contributed by atoms with E-state index in [1.54, 1.807) is 13.0 Å². The van der Waals surface area contributed by atoms with E-state index >= 15 is 0 Å². The van der Waals surface area contributed by atoms with Crippen LogP contribution in [0.5, 0.6) is 5.75 Å². The number of hydrogen-bond donors (Lipinski definition) is 2.